The van der Waals surface area contributed by atoms with Gasteiger partial charge in [0.05, 0.1) is 5.92 Å². The number of rotatable bonds is 2. The van der Waals surface area contributed by atoms with Gasteiger partial charge >= 0.3 is 5.97 Å². The molecule has 1 aliphatic rings. The Labute approximate surface area is 101 Å². The minimum absolute atomic E-state index is 0.174. The summed E-state index contributed by atoms with van der Waals surface area (Å²) >= 11 is 0. The van der Waals surface area contributed by atoms with Crippen LogP contribution < -0.4 is 0 Å². The van der Waals surface area contributed by atoms with Crippen LogP contribution in [0.1, 0.15) is 38.8 Å². The minimum Gasteiger partial charge on any atom is -0.481 e. The lowest BCUT2D eigenvalue weighted by Gasteiger charge is -2.23. The van der Waals surface area contributed by atoms with E-state index in [1.807, 2.05) is 0 Å². The molecule has 94 valence electrons. The molecule has 1 aromatic rings. The molecule has 17 heavy (non-hydrogen) atoms. The Morgan fingerprint density at radius 1 is 1.47 bits per heavy atom. The number of hydrogen-bond donors (Lipinski definition) is 1. The topological polar surface area (TPSA) is 68.0 Å². The zero-order valence-electron chi connectivity index (χ0n) is 10.6. The van der Waals surface area contributed by atoms with Crippen molar-refractivity contribution in [3.63, 3.8) is 0 Å². The smallest absolute Gasteiger partial charge is 0.307 e. The number of aromatic nitrogens is 3. The Balaban J connectivity index is 2.18. The Bertz CT molecular complexity index is 431. The third-order valence-corrected chi connectivity index (χ3v) is 3.07. The molecule has 2 rings (SSSR count). The molecule has 0 fully saturated rings. The molecule has 0 spiro atoms. The summed E-state index contributed by atoms with van der Waals surface area (Å²) in [5, 5.41) is 17.3. The number of hydrogen-bond acceptors (Lipinski definition) is 3. The molecule has 5 heteroatoms. The van der Waals surface area contributed by atoms with Crippen molar-refractivity contribution in [2.24, 2.45) is 11.3 Å². The van der Waals surface area contributed by atoms with Crippen LogP contribution >= 0.6 is 0 Å². The maximum atomic E-state index is 10.9. The normalized spacial score (nSPS) is 20.1. The highest BCUT2D eigenvalue weighted by molar-refractivity contribution is 5.70. The Hall–Kier alpha value is -1.39. The van der Waals surface area contributed by atoms with Crippen molar-refractivity contribution in [2.75, 3.05) is 0 Å². The Morgan fingerprint density at radius 3 is 2.76 bits per heavy atom. The van der Waals surface area contributed by atoms with E-state index < -0.39 is 5.97 Å². The van der Waals surface area contributed by atoms with Crippen LogP contribution in [0.15, 0.2) is 0 Å². The lowest BCUT2D eigenvalue weighted by molar-refractivity contribution is -0.142. The molecular formula is C12H19N3O2. The van der Waals surface area contributed by atoms with E-state index in [4.69, 9.17) is 5.11 Å². The quantitative estimate of drug-likeness (QED) is 0.846. The summed E-state index contributed by atoms with van der Waals surface area (Å²) in [6, 6.07) is 0. The van der Waals surface area contributed by atoms with Gasteiger partial charge < -0.3 is 9.67 Å². The fourth-order valence-electron chi connectivity index (χ4n) is 2.20. The van der Waals surface area contributed by atoms with Gasteiger partial charge in [0.25, 0.3) is 0 Å². The lowest BCUT2D eigenvalue weighted by Crippen LogP contribution is -2.27. The summed E-state index contributed by atoms with van der Waals surface area (Å²) in [6.45, 7) is 7.22. The number of fused-ring (bicyclic) bond motifs is 1. The van der Waals surface area contributed by atoms with E-state index in [0.717, 1.165) is 24.6 Å². The van der Waals surface area contributed by atoms with E-state index in [1.165, 1.54) is 0 Å². The third kappa shape index (κ3) is 2.65. The number of nitrogens with zero attached hydrogens (tertiary/aromatic N) is 3. The first-order valence-electron chi connectivity index (χ1n) is 6.00. The second-order valence-electron chi connectivity index (χ2n) is 5.95. The van der Waals surface area contributed by atoms with Crippen molar-refractivity contribution in [2.45, 2.75) is 46.6 Å². The predicted molar refractivity (Wildman–Crippen MR) is 62.6 cm³/mol. The molecule has 1 aliphatic heterocycles. The van der Waals surface area contributed by atoms with E-state index >= 15 is 0 Å². The number of aliphatic carboxylic acids is 1. The van der Waals surface area contributed by atoms with Gasteiger partial charge in [-0.15, -0.1) is 10.2 Å². The summed E-state index contributed by atoms with van der Waals surface area (Å²) in [5.74, 6) is 0.782. The van der Waals surface area contributed by atoms with Crippen LogP contribution in [0.25, 0.3) is 0 Å². The maximum absolute atomic E-state index is 10.9. The average Bonchev–Trinajstić information content (AvgIpc) is 2.58. The first-order chi connectivity index (χ1) is 7.87. The first kappa shape index (κ1) is 12.1. The van der Waals surface area contributed by atoms with Gasteiger partial charge in [-0.1, -0.05) is 20.8 Å². The molecule has 0 amide bonds. The maximum Gasteiger partial charge on any atom is 0.307 e. The zero-order valence-corrected chi connectivity index (χ0v) is 10.6. The van der Waals surface area contributed by atoms with Crippen molar-refractivity contribution < 1.29 is 9.90 Å². The van der Waals surface area contributed by atoms with Gasteiger partial charge in [-0.2, -0.15) is 0 Å². The van der Waals surface area contributed by atoms with Gasteiger partial charge in [0.15, 0.2) is 0 Å². The fourth-order valence-corrected chi connectivity index (χ4v) is 2.20. The molecule has 1 aromatic heterocycles. The van der Waals surface area contributed by atoms with Gasteiger partial charge in [-0.3, -0.25) is 4.79 Å². The molecule has 0 saturated carbocycles. The molecule has 1 atom stereocenters. The van der Waals surface area contributed by atoms with E-state index in [0.29, 0.717) is 12.8 Å². The van der Waals surface area contributed by atoms with E-state index in [2.05, 4.69) is 35.5 Å². The van der Waals surface area contributed by atoms with Crippen LogP contribution in [0.3, 0.4) is 0 Å². The van der Waals surface area contributed by atoms with Crippen molar-refractivity contribution in [1.29, 1.82) is 0 Å². The summed E-state index contributed by atoms with van der Waals surface area (Å²) in [5.41, 5.74) is 0.174. The van der Waals surface area contributed by atoms with Gasteiger partial charge in [0.2, 0.25) is 0 Å². The minimum atomic E-state index is -0.725. The van der Waals surface area contributed by atoms with E-state index in [-0.39, 0.29) is 11.3 Å². The van der Waals surface area contributed by atoms with E-state index in [1.54, 1.807) is 0 Å². The highest BCUT2D eigenvalue weighted by Crippen LogP contribution is 2.24. The molecule has 0 aliphatic carbocycles. The molecule has 2 heterocycles. The molecule has 1 unspecified atom stereocenters. The monoisotopic (exact) mass is 237 g/mol. The van der Waals surface area contributed by atoms with Crippen molar-refractivity contribution in [3.05, 3.63) is 11.6 Å². The third-order valence-electron chi connectivity index (χ3n) is 3.07. The van der Waals surface area contributed by atoms with Gasteiger partial charge in [-0.05, 0) is 11.8 Å². The van der Waals surface area contributed by atoms with Crippen molar-refractivity contribution in [1.82, 2.24) is 14.8 Å². The second-order valence-corrected chi connectivity index (χ2v) is 5.95. The highest BCUT2D eigenvalue weighted by Gasteiger charge is 2.28. The summed E-state index contributed by atoms with van der Waals surface area (Å²) in [7, 11) is 0. The average molecular weight is 237 g/mol. The summed E-state index contributed by atoms with van der Waals surface area (Å²) in [6.07, 6.45) is 2.06. The van der Waals surface area contributed by atoms with Crippen molar-refractivity contribution in [3.8, 4) is 0 Å². The highest BCUT2D eigenvalue weighted by atomic mass is 16.4. The summed E-state index contributed by atoms with van der Waals surface area (Å²) < 4.78 is 2.09. The van der Waals surface area contributed by atoms with Crippen LogP contribution in [0.2, 0.25) is 0 Å². The van der Waals surface area contributed by atoms with E-state index in [9.17, 15) is 4.79 Å². The second kappa shape index (κ2) is 4.13. The molecule has 0 aromatic carbocycles. The predicted octanol–water partition coefficient (Wildman–Crippen LogP) is 1.51. The molecular weight excluding hydrogens is 218 g/mol. The fraction of sp³-hybridized carbons (Fsp3) is 0.750. The van der Waals surface area contributed by atoms with Crippen molar-refractivity contribution >= 4 is 5.97 Å². The van der Waals surface area contributed by atoms with Crippen LogP contribution in [-0.4, -0.2) is 25.8 Å². The lowest BCUT2D eigenvalue weighted by atomic mass is 9.91. The van der Waals surface area contributed by atoms with Crippen LogP contribution in [0.5, 0.6) is 0 Å². The largest absolute Gasteiger partial charge is 0.481 e. The molecule has 5 nitrogen and oxygen atoms in total. The van der Waals surface area contributed by atoms with Gasteiger partial charge in [-0.25, -0.2) is 0 Å². The van der Waals surface area contributed by atoms with Crippen LogP contribution in [-0.2, 0) is 24.2 Å². The first-order valence-corrected chi connectivity index (χ1v) is 6.00. The molecule has 1 N–H and O–H groups in total. The summed E-state index contributed by atoms with van der Waals surface area (Å²) in [4.78, 5) is 10.9. The van der Waals surface area contributed by atoms with Crippen LogP contribution in [0.4, 0.5) is 0 Å². The molecule has 0 saturated heterocycles. The number of carboxylic acids is 1. The molecule has 0 radical (unpaired) electrons. The number of carbonyl (C=O) groups is 1. The zero-order chi connectivity index (χ0) is 12.6. The Kier molecular flexibility index (Phi) is 2.93. The van der Waals surface area contributed by atoms with Gasteiger partial charge in [0.1, 0.15) is 11.6 Å². The molecule has 0 bridgehead atoms. The van der Waals surface area contributed by atoms with Gasteiger partial charge in [0, 0.05) is 19.4 Å². The van der Waals surface area contributed by atoms with Crippen LogP contribution in [0, 0.1) is 11.3 Å². The number of carboxylic acid groups (broad SMARTS) is 1. The SMILES string of the molecule is CC(C)(C)Cc1nnc2n1CCC(C(=O)O)C2. The Morgan fingerprint density at radius 2 is 2.18 bits per heavy atom. The standard InChI is InChI=1S/C12H19N3O2/c1-12(2,3)7-10-14-13-9-6-8(11(16)17)4-5-15(9)10/h8H,4-7H2,1-3H3,(H,16,17).